The molecule has 1 heterocycles. The predicted molar refractivity (Wildman–Crippen MR) is 64.8 cm³/mol. The SMILES string of the molecule is O=C1CCN(Sc2ccccc2[N+](=O)[O-])CC1. The maximum Gasteiger partial charge on any atom is 0.284 e. The number of carbonyl (C=O) groups is 1. The highest BCUT2D eigenvalue weighted by Crippen LogP contribution is 2.32. The normalized spacial score (nSPS) is 17.1. The summed E-state index contributed by atoms with van der Waals surface area (Å²) in [5.74, 6) is 0.268. The van der Waals surface area contributed by atoms with Gasteiger partial charge in [0.25, 0.3) is 5.69 Å². The van der Waals surface area contributed by atoms with Gasteiger partial charge in [0.1, 0.15) is 10.7 Å². The first-order valence-corrected chi connectivity index (χ1v) is 6.12. The van der Waals surface area contributed by atoms with Gasteiger partial charge < -0.3 is 0 Å². The van der Waals surface area contributed by atoms with Crippen molar-refractivity contribution >= 4 is 23.4 Å². The van der Waals surface area contributed by atoms with Crippen LogP contribution in [0, 0.1) is 10.1 Å². The number of hydrogen-bond donors (Lipinski definition) is 0. The molecule has 5 nitrogen and oxygen atoms in total. The van der Waals surface area contributed by atoms with Crippen LogP contribution in [0.15, 0.2) is 29.2 Å². The zero-order chi connectivity index (χ0) is 12.3. The van der Waals surface area contributed by atoms with Crippen LogP contribution in [-0.4, -0.2) is 28.1 Å². The van der Waals surface area contributed by atoms with Gasteiger partial charge in [0, 0.05) is 32.0 Å². The van der Waals surface area contributed by atoms with E-state index in [1.54, 1.807) is 18.2 Å². The number of nitro groups is 1. The molecule has 0 atom stereocenters. The van der Waals surface area contributed by atoms with Gasteiger partial charge in [-0.25, -0.2) is 4.31 Å². The summed E-state index contributed by atoms with van der Waals surface area (Å²) in [6.45, 7) is 1.32. The highest BCUT2D eigenvalue weighted by atomic mass is 32.2. The summed E-state index contributed by atoms with van der Waals surface area (Å²) < 4.78 is 2.00. The average Bonchev–Trinajstić information content (AvgIpc) is 2.32. The predicted octanol–water partition coefficient (Wildman–Crippen LogP) is 2.27. The van der Waals surface area contributed by atoms with Crippen LogP contribution in [0.5, 0.6) is 0 Å². The molecule has 0 unspecified atom stereocenters. The molecule has 1 aromatic rings. The Kier molecular flexibility index (Phi) is 3.75. The van der Waals surface area contributed by atoms with Crippen LogP contribution >= 0.6 is 11.9 Å². The number of carbonyl (C=O) groups excluding carboxylic acids is 1. The molecule has 2 rings (SSSR count). The van der Waals surface area contributed by atoms with Crippen LogP contribution in [0.4, 0.5) is 5.69 Å². The van der Waals surface area contributed by atoms with E-state index in [1.165, 1.54) is 18.0 Å². The minimum absolute atomic E-state index is 0.120. The number of benzene rings is 1. The molecule has 1 fully saturated rings. The van der Waals surface area contributed by atoms with Gasteiger partial charge in [-0.2, -0.15) is 0 Å². The Balaban J connectivity index is 2.08. The van der Waals surface area contributed by atoms with Crippen molar-refractivity contribution in [2.24, 2.45) is 0 Å². The fourth-order valence-electron chi connectivity index (χ4n) is 1.65. The zero-order valence-corrected chi connectivity index (χ0v) is 9.98. The van der Waals surface area contributed by atoms with Crippen molar-refractivity contribution in [2.45, 2.75) is 17.7 Å². The van der Waals surface area contributed by atoms with Crippen LogP contribution < -0.4 is 0 Å². The average molecular weight is 252 g/mol. The first kappa shape index (κ1) is 12.1. The number of Topliss-reactive ketones (excluding diaryl/α,β-unsaturated/α-hetero) is 1. The van der Waals surface area contributed by atoms with Crippen molar-refractivity contribution in [3.63, 3.8) is 0 Å². The van der Waals surface area contributed by atoms with Crippen LogP contribution in [0.3, 0.4) is 0 Å². The molecule has 1 aliphatic heterocycles. The Morgan fingerprint density at radius 2 is 1.88 bits per heavy atom. The number of rotatable bonds is 3. The Morgan fingerprint density at radius 3 is 2.53 bits per heavy atom. The molecular weight excluding hydrogens is 240 g/mol. The quantitative estimate of drug-likeness (QED) is 0.469. The molecular formula is C11H12N2O3S. The van der Waals surface area contributed by atoms with Crippen LogP contribution in [0.2, 0.25) is 0 Å². The van der Waals surface area contributed by atoms with E-state index in [9.17, 15) is 14.9 Å². The van der Waals surface area contributed by atoms with E-state index in [0.717, 1.165) is 0 Å². The molecule has 1 aromatic carbocycles. The molecule has 6 heteroatoms. The highest BCUT2D eigenvalue weighted by molar-refractivity contribution is 7.97. The van der Waals surface area contributed by atoms with Gasteiger partial charge in [0.2, 0.25) is 0 Å². The third kappa shape index (κ3) is 3.04. The van der Waals surface area contributed by atoms with E-state index in [4.69, 9.17) is 0 Å². The van der Waals surface area contributed by atoms with Gasteiger partial charge in [-0.15, -0.1) is 0 Å². The van der Waals surface area contributed by atoms with Gasteiger partial charge >= 0.3 is 0 Å². The minimum atomic E-state index is -0.378. The number of nitrogens with zero attached hydrogens (tertiary/aromatic N) is 2. The number of piperidine rings is 1. The molecule has 0 saturated carbocycles. The van der Waals surface area contributed by atoms with Gasteiger partial charge in [0.15, 0.2) is 0 Å². The van der Waals surface area contributed by atoms with Crippen molar-refractivity contribution in [3.8, 4) is 0 Å². The lowest BCUT2D eigenvalue weighted by atomic mass is 10.1. The fraction of sp³-hybridized carbons (Fsp3) is 0.364. The largest absolute Gasteiger partial charge is 0.300 e. The number of ketones is 1. The van der Waals surface area contributed by atoms with Gasteiger partial charge in [-0.3, -0.25) is 14.9 Å². The van der Waals surface area contributed by atoms with E-state index in [0.29, 0.717) is 30.8 Å². The molecule has 0 bridgehead atoms. The topological polar surface area (TPSA) is 63.5 Å². The molecule has 0 N–H and O–H groups in total. The van der Waals surface area contributed by atoms with Gasteiger partial charge in [-0.1, -0.05) is 12.1 Å². The summed E-state index contributed by atoms with van der Waals surface area (Å²) in [6, 6.07) is 6.67. The molecule has 1 aliphatic rings. The molecule has 0 radical (unpaired) electrons. The summed E-state index contributed by atoms with van der Waals surface area (Å²) in [5, 5.41) is 10.8. The van der Waals surface area contributed by atoms with Crippen LogP contribution in [0.25, 0.3) is 0 Å². The van der Waals surface area contributed by atoms with Crippen LogP contribution in [-0.2, 0) is 4.79 Å². The maximum atomic E-state index is 11.1. The third-order valence-corrected chi connectivity index (χ3v) is 3.73. The van der Waals surface area contributed by atoms with Crippen molar-refractivity contribution < 1.29 is 9.72 Å². The Labute approximate surface area is 103 Å². The molecule has 1 saturated heterocycles. The van der Waals surface area contributed by atoms with Crippen molar-refractivity contribution in [1.29, 1.82) is 0 Å². The zero-order valence-electron chi connectivity index (χ0n) is 9.17. The van der Waals surface area contributed by atoms with E-state index >= 15 is 0 Å². The van der Waals surface area contributed by atoms with Crippen molar-refractivity contribution in [1.82, 2.24) is 4.31 Å². The summed E-state index contributed by atoms with van der Waals surface area (Å²) >= 11 is 1.36. The standard InChI is InChI=1S/C11H12N2O3S/c14-9-5-7-12(8-6-9)17-11-4-2-1-3-10(11)13(15)16/h1-4H,5-8H2. The molecule has 17 heavy (non-hydrogen) atoms. The smallest absolute Gasteiger partial charge is 0.284 e. The number of nitro benzene ring substituents is 1. The number of para-hydroxylation sites is 1. The molecule has 0 aliphatic carbocycles. The Bertz CT molecular complexity index is 440. The van der Waals surface area contributed by atoms with Crippen LogP contribution in [0.1, 0.15) is 12.8 Å². The monoisotopic (exact) mass is 252 g/mol. The van der Waals surface area contributed by atoms with E-state index in [2.05, 4.69) is 0 Å². The van der Waals surface area contributed by atoms with E-state index < -0.39 is 0 Å². The first-order valence-electron chi connectivity index (χ1n) is 5.35. The summed E-state index contributed by atoms with van der Waals surface area (Å²) in [7, 11) is 0. The second-order valence-electron chi connectivity index (χ2n) is 3.78. The maximum absolute atomic E-state index is 11.1. The molecule has 0 amide bonds. The van der Waals surface area contributed by atoms with Gasteiger partial charge in [-0.05, 0) is 18.0 Å². The van der Waals surface area contributed by atoms with Crippen molar-refractivity contribution in [2.75, 3.05) is 13.1 Å². The lowest BCUT2D eigenvalue weighted by Crippen LogP contribution is -2.28. The van der Waals surface area contributed by atoms with Crippen molar-refractivity contribution in [3.05, 3.63) is 34.4 Å². The second kappa shape index (κ2) is 5.29. The van der Waals surface area contributed by atoms with E-state index in [-0.39, 0.29) is 16.4 Å². The summed E-state index contributed by atoms with van der Waals surface area (Å²) in [5.41, 5.74) is 0.120. The molecule has 0 spiro atoms. The van der Waals surface area contributed by atoms with E-state index in [1.807, 2.05) is 4.31 Å². The summed E-state index contributed by atoms with van der Waals surface area (Å²) in [4.78, 5) is 22.2. The third-order valence-electron chi connectivity index (χ3n) is 2.57. The molecule has 0 aromatic heterocycles. The second-order valence-corrected chi connectivity index (χ2v) is 4.92. The minimum Gasteiger partial charge on any atom is -0.300 e. The lowest BCUT2D eigenvalue weighted by Gasteiger charge is -2.24. The Morgan fingerprint density at radius 1 is 1.24 bits per heavy atom. The molecule has 90 valence electrons. The highest BCUT2D eigenvalue weighted by Gasteiger charge is 2.20. The lowest BCUT2D eigenvalue weighted by molar-refractivity contribution is -0.387. The van der Waals surface area contributed by atoms with Gasteiger partial charge in [0.05, 0.1) is 4.92 Å². The Hall–Kier alpha value is -1.40. The summed E-state index contributed by atoms with van der Waals surface area (Å²) in [6.07, 6.45) is 1.07. The first-order chi connectivity index (χ1) is 8.16. The fourth-order valence-corrected chi connectivity index (χ4v) is 2.67. The number of hydrogen-bond acceptors (Lipinski definition) is 5.